The second-order valence-electron chi connectivity index (χ2n) is 3.62. The quantitative estimate of drug-likeness (QED) is 0.790. The fourth-order valence-corrected chi connectivity index (χ4v) is 2.08. The summed E-state index contributed by atoms with van der Waals surface area (Å²) in [6, 6.07) is 4.49. The Morgan fingerprint density at radius 1 is 1.41 bits per heavy atom. The Morgan fingerprint density at radius 3 is 2.24 bits per heavy atom. The SMILES string of the molecule is CCC(O)(C(=O)O)[C@@H](O)c1c(Cl)cccc1Cl. The van der Waals surface area contributed by atoms with Gasteiger partial charge >= 0.3 is 5.97 Å². The standard InChI is InChI=1S/C11H12Cl2O4/c1-2-11(17,10(15)16)9(14)8-6(12)4-3-5-7(8)13/h3-5,9,14,17H,2H2,1H3,(H,15,16)/t9-,11?/m0/s1. The van der Waals surface area contributed by atoms with Gasteiger partial charge in [-0.2, -0.15) is 0 Å². The highest BCUT2D eigenvalue weighted by molar-refractivity contribution is 6.36. The molecule has 17 heavy (non-hydrogen) atoms. The van der Waals surface area contributed by atoms with Crippen molar-refractivity contribution in [3.63, 3.8) is 0 Å². The highest BCUT2D eigenvalue weighted by Crippen LogP contribution is 2.37. The van der Waals surface area contributed by atoms with E-state index in [1.54, 1.807) is 6.07 Å². The van der Waals surface area contributed by atoms with Crippen LogP contribution in [0, 0.1) is 0 Å². The van der Waals surface area contributed by atoms with Gasteiger partial charge in [0.05, 0.1) is 0 Å². The van der Waals surface area contributed by atoms with Crippen LogP contribution in [0.25, 0.3) is 0 Å². The lowest BCUT2D eigenvalue weighted by Gasteiger charge is -2.28. The molecule has 0 fully saturated rings. The molecule has 0 spiro atoms. The average molecular weight is 279 g/mol. The van der Waals surface area contributed by atoms with Crippen LogP contribution in [-0.4, -0.2) is 26.9 Å². The van der Waals surface area contributed by atoms with Gasteiger partial charge in [-0.1, -0.05) is 36.2 Å². The van der Waals surface area contributed by atoms with Gasteiger partial charge in [0.2, 0.25) is 0 Å². The summed E-state index contributed by atoms with van der Waals surface area (Å²) in [6.07, 6.45) is -1.86. The number of carboxylic acid groups (broad SMARTS) is 1. The van der Waals surface area contributed by atoms with Gasteiger partial charge in [0.25, 0.3) is 0 Å². The highest BCUT2D eigenvalue weighted by atomic mass is 35.5. The Labute approximate surface area is 108 Å². The molecular weight excluding hydrogens is 267 g/mol. The molecule has 0 aromatic heterocycles. The lowest BCUT2D eigenvalue weighted by atomic mass is 9.88. The van der Waals surface area contributed by atoms with E-state index in [9.17, 15) is 15.0 Å². The third kappa shape index (κ3) is 2.55. The van der Waals surface area contributed by atoms with Gasteiger partial charge in [0.1, 0.15) is 6.10 Å². The number of aliphatic carboxylic acids is 1. The predicted octanol–water partition coefficient (Wildman–Crippen LogP) is 2.25. The molecule has 0 bridgehead atoms. The van der Waals surface area contributed by atoms with E-state index in [1.165, 1.54) is 19.1 Å². The summed E-state index contributed by atoms with van der Waals surface area (Å²) in [5.74, 6) is -1.52. The minimum atomic E-state index is -2.31. The fraction of sp³-hybridized carbons (Fsp3) is 0.364. The molecule has 3 N–H and O–H groups in total. The van der Waals surface area contributed by atoms with E-state index in [0.717, 1.165) is 0 Å². The molecule has 1 aromatic carbocycles. The smallest absolute Gasteiger partial charge is 0.338 e. The van der Waals surface area contributed by atoms with Crippen LogP contribution < -0.4 is 0 Å². The van der Waals surface area contributed by atoms with Gasteiger partial charge in [0, 0.05) is 15.6 Å². The molecular formula is C11H12Cl2O4. The summed E-state index contributed by atoms with van der Waals surface area (Å²) in [4.78, 5) is 11.0. The molecule has 94 valence electrons. The molecule has 1 rings (SSSR count). The first-order valence-corrected chi connectivity index (χ1v) is 5.68. The first kappa shape index (κ1) is 14.3. The van der Waals surface area contributed by atoms with Gasteiger partial charge in [-0.3, -0.25) is 0 Å². The third-order valence-corrected chi connectivity index (χ3v) is 3.29. The van der Waals surface area contributed by atoms with Crippen LogP contribution in [0.2, 0.25) is 10.0 Å². The second-order valence-corrected chi connectivity index (χ2v) is 4.44. The maximum absolute atomic E-state index is 11.0. The Balaban J connectivity index is 3.29. The lowest BCUT2D eigenvalue weighted by Crippen LogP contribution is -2.44. The maximum atomic E-state index is 11.0. The van der Waals surface area contributed by atoms with Crippen LogP contribution in [0.5, 0.6) is 0 Å². The van der Waals surface area contributed by atoms with Crippen molar-refractivity contribution in [1.82, 2.24) is 0 Å². The average Bonchev–Trinajstić information content (AvgIpc) is 2.27. The van der Waals surface area contributed by atoms with Crippen molar-refractivity contribution >= 4 is 29.2 Å². The molecule has 0 amide bonds. The monoisotopic (exact) mass is 278 g/mol. The fourth-order valence-electron chi connectivity index (χ4n) is 1.47. The second kappa shape index (κ2) is 5.23. The molecule has 0 heterocycles. The zero-order valence-electron chi connectivity index (χ0n) is 9.02. The molecule has 1 aromatic rings. The van der Waals surface area contributed by atoms with Crippen molar-refractivity contribution in [3.8, 4) is 0 Å². The van der Waals surface area contributed by atoms with Crippen molar-refractivity contribution in [2.24, 2.45) is 0 Å². The highest BCUT2D eigenvalue weighted by Gasteiger charge is 2.44. The van der Waals surface area contributed by atoms with Gasteiger partial charge in [0.15, 0.2) is 5.60 Å². The Kier molecular flexibility index (Phi) is 4.38. The van der Waals surface area contributed by atoms with Crippen molar-refractivity contribution in [3.05, 3.63) is 33.8 Å². The van der Waals surface area contributed by atoms with Crippen LogP contribution in [0.1, 0.15) is 25.0 Å². The molecule has 2 atom stereocenters. The maximum Gasteiger partial charge on any atom is 0.338 e. The van der Waals surface area contributed by atoms with Crippen molar-refractivity contribution in [2.75, 3.05) is 0 Å². The van der Waals surface area contributed by atoms with E-state index >= 15 is 0 Å². The number of hydrogen-bond acceptors (Lipinski definition) is 3. The van der Waals surface area contributed by atoms with E-state index in [-0.39, 0.29) is 22.0 Å². The molecule has 0 aliphatic carbocycles. The molecule has 4 nitrogen and oxygen atoms in total. The minimum Gasteiger partial charge on any atom is -0.479 e. The van der Waals surface area contributed by atoms with Crippen molar-refractivity contribution < 1.29 is 20.1 Å². The number of carboxylic acids is 1. The summed E-state index contributed by atoms with van der Waals surface area (Å²) in [5, 5.41) is 29.0. The summed E-state index contributed by atoms with van der Waals surface area (Å²) in [5.41, 5.74) is -2.29. The Hall–Kier alpha value is -0.810. The number of carbonyl (C=O) groups is 1. The summed E-state index contributed by atoms with van der Waals surface area (Å²) >= 11 is 11.7. The van der Waals surface area contributed by atoms with E-state index in [2.05, 4.69) is 0 Å². The van der Waals surface area contributed by atoms with E-state index < -0.39 is 17.7 Å². The first-order valence-electron chi connectivity index (χ1n) is 4.92. The van der Waals surface area contributed by atoms with Gasteiger partial charge in [-0.15, -0.1) is 0 Å². The van der Waals surface area contributed by atoms with Crippen molar-refractivity contribution in [2.45, 2.75) is 25.0 Å². The van der Waals surface area contributed by atoms with E-state index in [0.29, 0.717) is 0 Å². The summed E-state index contributed by atoms with van der Waals surface area (Å²) in [6.45, 7) is 1.45. The van der Waals surface area contributed by atoms with Crippen LogP contribution in [0.15, 0.2) is 18.2 Å². The normalized spacial score (nSPS) is 16.3. The van der Waals surface area contributed by atoms with Crippen LogP contribution in [0.3, 0.4) is 0 Å². The van der Waals surface area contributed by atoms with Gasteiger partial charge in [-0.05, 0) is 18.6 Å². The van der Waals surface area contributed by atoms with E-state index in [1.807, 2.05) is 0 Å². The number of benzene rings is 1. The number of aliphatic hydroxyl groups is 2. The van der Waals surface area contributed by atoms with Crippen molar-refractivity contribution in [1.29, 1.82) is 0 Å². The minimum absolute atomic E-state index is 0.0163. The zero-order chi connectivity index (χ0) is 13.2. The van der Waals surface area contributed by atoms with Crippen LogP contribution >= 0.6 is 23.2 Å². The Morgan fingerprint density at radius 2 is 1.88 bits per heavy atom. The number of rotatable bonds is 4. The first-order chi connectivity index (χ1) is 7.84. The zero-order valence-corrected chi connectivity index (χ0v) is 10.5. The predicted molar refractivity (Wildman–Crippen MR) is 64.3 cm³/mol. The van der Waals surface area contributed by atoms with Crippen LogP contribution in [-0.2, 0) is 4.79 Å². The van der Waals surface area contributed by atoms with E-state index in [4.69, 9.17) is 28.3 Å². The number of aliphatic hydroxyl groups excluding tert-OH is 1. The molecule has 1 unspecified atom stereocenters. The molecule has 0 saturated carbocycles. The molecule has 0 aliphatic rings. The topological polar surface area (TPSA) is 77.8 Å². The van der Waals surface area contributed by atoms with Gasteiger partial charge in [-0.25, -0.2) is 4.79 Å². The largest absolute Gasteiger partial charge is 0.479 e. The number of hydrogen-bond donors (Lipinski definition) is 3. The third-order valence-electron chi connectivity index (χ3n) is 2.63. The molecule has 6 heteroatoms. The Bertz CT molecular complexity index is 415. The molecule has 0 aliphatic heterocycles. The summed E-state index contributed by atoms with van der Waals surface area (Å²) < 4.78 is 0. The summed E-state index contributed by atoms with van der Waals surface area (Å²) in [7, 11) is 0. The molecule has 0 saturated heterocycles. The lowest BCUT2D eigenvalue weighted by molar-refractivity contribution is -0.173. The van der Waals surface area contributed by atoms with Gasteiger partial charge < -0.3 is 15.3 Å². The number of halogens is 2. The molecule has 0 radical (unpaired) electrons. The van der Waals surface area contributed by atoms with Crippen LogP contribution in [0.4, 0.5) is 0 Å².